The summed E-state index contributed by atoms with van der Waals surface area (Å²) in [5.41, 5.74) is 0.910. The van der Waals surface area contributed by atoms with Gasteiger partial charge in [-0.15, -0.1) is 0 Å². The molecule has 0 atom stereocenters. The van der Waals surface area contributed by atoms with Gasteiger partial charge >= 0.3 is 0 Å². The molecule has 2 aliphatic heterocycles. The largest absolute Gasteiger partial charge is 0.508 e. The second-order valence-corrected chi connectivity index (χ2v) is 6.45. The number of nitrogens with zero attached hydrogens (tertiary/aromatic N) is 1. The minimum absolute atomic E-state index is 0.0639. The van der Waals surface area contributed by atoms with Crippen molar-refractivity contribution in [1.29, 1.82) is 0 Å². The zero-order chi connectivity index (χ0) is 16.6. The molecule has 2 aromatic rings. The van der Waals surface area contributed by atoms with Crippen LogP contribution in [0.2, 0.25) is 0 Å². The Morgan fingerprint density at radius 1 is 1.08 bits per heavy atom. The van der Waals surface area contributed by atoms with Gasteiger partial charge in [0.2, 0.25) is 0 Å². The number of hydrogen-bond acceptors (Lipinski definition) is 4. The smallest absolute Gasteiger partial charge is 0.258 e. The third-order valence-electron chi connectivity index (χ3n) is 4.83. The normalized spacial score (nSPS) is 19.4. The minimum atomic E-state index is -0.610. The van der Waals surface area contributed by atoms with Crippen molar-refractivity contribution in [2.75, 3.05) is 13.1 Å². The molecule has 5 nitrogen and oxygen atoms in total. The monoisotopic (exact) mass is 324 g/mol. The highest BCUT2D eigenvalue weighted by atomic mass is 16.5. The lowest BCUT2D eigenvalue weighted by atomic mass is 9.96. The number of rotatable bonds is 2. The van der Waals surface area contributed by atoms with E-state index in [1.807, 2.05) is 36.4 Å². The molecule has 2 N–H and O–H groups in total. The van der Waals surface area contributed by atoms with E-state index in [0.717, 1.165) is 31.5 Å². The molecular weight excluding hydrogens is 304 g/mol. The zero-order valence-electron chi connectivity index (χ0n) is 13.4. The molecule has 1 fully saturated rings. The van der Waals surface area contributed by atoms with Gasteiger partial charge in [-0.25, -0.2) is 0 Å². The van der Waals surface area contributed by atoms with Crippen LogP contribution in [0.4, 0.5) is 0 Å². The molecule has 2 heterocycles. The van der Waals surface area contributed by atoms with Crippen molar-refractivity contribution in [3.63, 3.8) is 0 Å². The Morgan fingerprint density at radius 3 is 2.58 bits per heavy atom. The van der Waals surface area contributed by atoms with Crippen molar-refractivity contribution in [3.05, 3.63) is 59.7 Å². The first-order chi connectivity index (χ1) is 11.7. The van der Waals surface area contributed by atoms with Crippen molar-refractivity contribution in [3.8, 4) is 11.5 Å². The van der Waals surface area contributed by atoms with E-state index in [1.165, 1.54) is 0 Å². The van der Waals surface area contributed by atoms with Gasteiger partial charge in [0.05, 0.1) is 5.56 Å². The van der Waals surface area contributed by atoms with Crippen molar-refractivity contribution >= 4 is 5.91 Å². The number of phenolic OH excluding ortho intramolecular Hbond substituents is 1. The summed E-state index contributed by atoms with van der Waals surface area (Å²) in [6.07, 6.45) is 1.45. The molecule has 4 rings (SSSR count). The van der Waals surface area contributed by atoms with Gasteiger partial charge in [-0.2, -0.15) is 0 Å². The number of carbonyl (C=O) groups excluding carboxylic acids is 1. The first kappa shape index (κ1) is 15.0. The molecule has 24 heavy (non-hydrogen) atoms. The molecule has 2 aromatic carbocycles. The van der Waals surface area contributed by atoms with E-state index in [-0.39, 0.29) is 5.91 Å². The number of aromatic hydroxyl groups is 1. The lowest BCUT2D eigenvalue weighted by molar-refractivity contribution is -0.0305. The first-order valence-electron chi connectivity index (χ1n) is 8.25. The van der Waals surface area contributed by atoms with Gasteiger partial charge < -0.3 is 15.2 Å². The quantitative estimate of drug-likeness (QED) is 0.891. The number of amides is 1. The van der Waals surface area contributed by atoms with Crippen LogP contribution in [0.5, 0.6) is 11.5 Å². The Bertz CT molecular complexity index is 767. The van der Waals surface area contributed by atoms with Crippen LogP contribution in [0.25, 0.3) is 0 Å². The molecule has 0 unspecified atom stereocenters. The van der Waals surface area contributed by atoms with Gasteiger partial charge in [0, 0.05) is 38.0 Å². The molecule has 0 bridgehead atoms. The average Bonchev–Trinajstić information content (AvgIpc) is 2.59. The van der Waals surface area contributed by atoms with Crippen LogP contribution < -0.4 is 10.1 Å². The number of piperidine rings is 1. The predicted molar refractivity (Wildman–Crippen MR) is 89.9 cm³/mol. The second-order valence-electron chi connectivity index (χ2n) is 6.45. The summed E-state index contributed by atoms with van der Waals surface area (Å²) in [7, 11) is 0. The van der Waals surface area contributed by atoms with E-state index < -0.39 is 5.72 Å². The third-order valence-corrected chi connectivity index (χ3v) is 4.83. The maximum absolute atomic E-state index is 12.3. The highest BCUT2D eigenvalue weighted by molar-refractivity contribution is 5.98. The van der Waals surface area contributed by atoms with Gasteiger partial charge in [0.25, 0.3) is 5.91 Å². The molecule has 1 amide bonds. The molecule has 0 aromatic heterocycles. The van der Waals surface area contributed by atoms with Crippen LogP contribution in [0.1, 0.15) is 28.8 Å². The lowest BCUT2D eigenvalue weighted by Crippen LogP contribution is -2.60. The van der Waals surface area contributed by atoms with Crippen molar-refractivity contribution in [2.45, 2.75) is 25.1 Å². The number of ether oxygens (including phenoxy) is 1. The van der Waals surface area contributed by atoms with E-state index in [4.69, 9.17) is 4.74 Å². The average molecular weight is 324 g/mol. The fourth-order valence-corrected chi connectivity index (χ4v) is 3.44. The molecule has 124 valence electrons. The fourth-order valence-electron chi connectivity index (χ4n) is 3.44. The van der Waals surface area contributed by atoms with Crippen LogP contribution in [0.15, 0.2) is 48.5 Å². The summed E-state index contributed by atoms with van der Waals surface area (Å²) in [6, 6.07) is 14.8. The maximum Gasteiger partial charge on any atom is 0.258 e. The Hall–Kier alpha value is -2.53. The van der Waals surface area contributed by atoms with Crippen LogP contribution in [0, 0.1) is 0 Å². The van der Waals surface area contributed by atoms with Crippen LogP contribution in [0.3, 0.4) is 0 Å². The topological polar surface area (TPSA) is 61.8 Å². The predicted octanol–water partition coefficient (Wildman–Crippen LogP) is 2.51. The number of fused-ring (bicyclic) bond motifs is 1. The molecule has 0 aliphatic carbocycles. The summed E-state index contributed by atoms with van der Waals surface area (Å²) in [5, 5.41) is 13.0. The standard InChI is InChI=1S/C19H20N2O3/c22-16-7-3-1-5-14(16)13-21-11-9-19(10-12-21)20-18(23)15-6-2-4-8-17(15)24-19/h1-8,22H,9-13H2,(H,20,23). The summed E-state index contributed by atoms with van der Waals surface area (Å²) >= 11 is 0. The summed E-state index contributed by atoms with van der Waals surface area (Å²) in [5.74, 6) is 0.926. The molecule has 2 aliphatic rings. The Labute approximate surface area is 140 Å². The lowest BCUT2D eigenvalue weighted by Gasteiger charge is -2.44. The van der Waals surface area contributed by atoms with Crippen molar-refractivity contribution < 1.29 is 14.6 Å². The van der Waals surface area contributed by atoms with Gasteiger partial charge in [-0.05, 0) is 18.2 Å². The highest BCUT2D eigenvalue weighted by Gasteiger charge is 2.42. The SMILES string of the molecule is O=C1NC2(CCN(Cc3ccccc3O)CC2)Oc2ccccc21. The number of phenols is 1. The van der Waals surface area contributed by atoms with Gasteiger partial charge in [0.15, 0.2) is 5.72 Å². The van der Waals surface area contributed by atoms with Crippen LogP contribution in [-0.2, 0) is 6.54 Å². The zero-order valence-corrected chi connectivity index (χ0v) is 13.4. The van der Waals surface area contributed by atoms with Gasteiger partial charge in [-0.3, -0.25) is 9.69 Å². The van der Waals surface area contributed by atoms with E-state index in [0.29, 0.717) is 23.6 Å². The maximum atomic E-state index is 12.3. The highest BCUT2D eigenvalue weighted by Crippen LogP contribution is 2.33. The second kappa shape index (κ2) is 5.83. The van der Waals surface area contributed by atoms with E-state index in [9.17, 15) is 9.90 Å². The Kier molecular flexibility index (Phi) is 3.65. The molecule has 0 saturated carbocycles. The number of benzene rings is 2. The van der Waals surface area contributed by atoms with Gasteiger partial charge in [0.1, 0.15) is 11.5 Å². The van der Waals surface area contributed by atoms with E-state index in [1.54, 1.807) is 12.1 Å². The number of nitrogens with one attached hydrogen (secondary N) is 1. The number of para-hydroxylation sites is 2. The van der Waals surface area contributed by atoms with Gasteiger partial charge in [-0.1, -0.05) is 30.3 Å². The summed E-state index contributed by atoms with van der Waals surface area (Å²) < 4.78 is 6.15. The Morgan fingerprint density at radius 2 is 1.79 bits per heavy atom. The first-order valence-corrected chi connectivity index (χ1v) is 8.25. The van der Waals surface area contributed by atoms with Crippen molar-refractivity contribution in [1.82, 2.24) is 10.2 Å². The molecule has 1 spiro atoms. The molecular formula is C19H20N2O3. The van der Waals surface area contributed by atoms with Crippen LogP contribution >= 0.6 is 0 Å². The molecule has 5 heteroatoms. The minimum Gasteiger partial charge on any atom is -0.508 e. The van der Waals surface area contributed by atoms with Crippen molar-refractivity contribution in [2.24, 2.45) is 0 Å². The molecule has 1 saturated heterocycles. The Balaban J connectivity index is 1.45. The number of likely N-dealkylation sites (tertiary alicyclic amines) is 1. The summed E-state index contributed by atoms with van der Waals surface area (Å²) in [4.78, 5) is 14.6. The number of carbonyl (C=O) groups is 1. The fraction of sp³-hybridized carbons (Fsp3) is 0.316. The molecule has 0 radical (unpaired) electrons. The third kappa shape index (κ3) is 2.71. The number of hydrogen-bond donors (Lipinski definition) is 2. The summed E-state index contributed by atoms with van der Waals surface area (Å²) in [6.45, 7) is 2.31. The van der Waals surface area contributed by atoms with Crippen LogP contribution in [-0.4, -0.2) is 34.7 Å². The van der Waals surface area contributed by atoms with E-state index >= 15 is 0 Å². The van der Waals surface area contributed by atoms with E-state index in [2.05, 4.69) is 10.2 Å².